The van der Waals surface area contributed by atoms with Gasteiger partial charge in [0, 0.05) is 24.7 Å². The van der Waals surface area contributed by atoms with Crippen LogP contribution in [0.3, 0.4) is 0 Å². The van der Waals surface area contributed by atoms with Crippen molar-refractivity contribution < 1.29 is 9.90 Å². The molecule has 1 aliphatic carbocycles. The molecule has 4 heteroatoms. The molecule has 0 bridgehead atoms. The number of anilines is 1. The van der Waals surface area contributed by atoms with Crippen LogP contribution in [-0.2, 0) is 6.54 Å². The number of carboxylic acid groups (broad SMARTS) is 1. The zero-order chi connectivity index (χ0) is 18.1. The van der Waals surface area contributed by atoms with Crippen molar-refractivity contribution in [3.8, 4) is 11.1 Å². The Morgan fingerprint density at radius 2 is 1.42 bits per heavy atom. The average molecular weight is 344 g/mol. The lowest BCUT2D eigenvalue weighted by Crippen LogP contribution is -2.33. The molecule has 0 saturated carbocycles. The van der Waals surface area contributed by atoms with Crippen molar-refractivity contribution in [2.24, 2.45) is 0 Å². The molecule has 1 aliphatic rings. The highest BCUT2D eigenvalue weighted by Gasteiger charge is 2.30. The molecule has 26 heavy (non-hydrogen) atoms. The Labute approximate surface area is 152 Å². The topological polar surface area (TPSA) is 66.6 Å². The summed E-state index contributed by atoms with van der Waals surface area (Å²) in [6, 6.07) is 23.9. The fourth-order valence-electron chi connectivity index (χ4n) is 3.73. The van der Waals surface area contributed by atoms with Gasteiger partial charge in [-0.3, -0.25) is 0 Å². The van der Waals surface area contributed by atoms with Crippen LogP contribution in [0.1, 0.15) is 22.6 Å². The fraction of sp³-hybridized carbons (Fsp3) is 0.136. The summed E-state index contributed by atoms with van der Waals surface area (Å²) in [5, 5.41) is 9.75. The fourth-order valence-corrected chi connectivity index (χ4v) is 3.73. The van der Waals surface area contributed by atoms with Crippen LogP contribution in [0.5, 0.6) is 0 Å². The van der Waals surface area contributed by atoms with Crippen molar-refractivity contribution >= 4 is 11.8 Å². The SMILES string of the molecule is Nc1ccc(CN(CC2c3ccccc3-c3ccccc32)C(=O)O)cc1. The first kappa shape index (κ1) is 16.2. The minimum Gasteiger partial charge on any atom is -0.465 e. The van der Waals surface area contributed by atoms with E-state index in [0.29, 0.717) is 18.8 Å². The smallest absolute Gasteiger partial charge is 0.407 e. The van der Waals surface area contributed by atoms with Gasteiger partial charge in [0.2, 0.25) is 0 Å². The third-order valence-corrected chi connectivity index (χ3v) is 4.99. The lowest BCUT2D eigenvalue weighted by Gasteiger charge is -2.24. The summed E-state index contributed by atoms with van der Waals surface area (Å²) >= 11 is 0. The van der Waals surface area contributed by atoms with Gasteiger partial charge < -0.3 is 15.7 Å². The van der Waals surface area contributed by atoms with Gasteiger partial charge in [0.1, 0.15) is 0 Å². The van der Waals surface area contributed by atoms with E-state index in [1.807, 2.05) is 36.4 Å². The van der Waals surface area contributed by atoms with E-state index in [1.54, 1.807) is 12.1 Å². The van der Waals surface area contributed by atoms with Crippen molar-refractivity contribution in [3.63, 3.8) is 0 Å². The molecule has 0 aromatic heterocycles. The molecule has 4 rings (SSSR count). The highest BCUT2D eigenvalue weighted by Crippen LogP contribution is 2.44. The monoisotopic (exact) mass is 344 g/mol. The van der Waals surface area contributed by atoms with Crippen LogP contribution in [0, 0.1) is 0 Å². The van der Waals surface area contributed by atoms with Gasteiger partial charge in [-0.05, 0) is 39.9 Å². The van der Waals surface area contributed by atoms with E-state index in [2.05, 4.69) is 24.3 Å². The Kier molecular flexibility index (Phi) is 4.09. The van der Waals surface area contributed by atoms with Crippen LogP contribution in [0.15, 0.2) is 72.8 Å². The number of hydrogen-bond acceptors (Lipinski definition) is 2. The van der Waals surface area contributed by atoms with E-state index in [-0.39, 0.29) is 5.92 Å². The van der Waals surface area contributed by atoms with Gasteiger partial charge in [0.05, 0.1) is 0 Å². The Balaban J connectivity index is 1.65. The Morgan fingerprint density at radius 1 is 0.885 bits per heavy atom. The quantitative estimate of drug-likeness (QED) is 0.682. The molecule has 0 fully saturated rings. The number of nitrogen functional groups attached to an aromatic ring is 1. The number of rotatable bonds is 4. The number of nitrogens with zero attached hydrogens (tertiary/aromatic N) is 1. The van der Waals surface area contributed by atoms with Crippen molar-refractivity contribution in [1.82, 2.24) is 4.90 Å². The largest absolute Gasteiger partial charge is 0.465 e. The lowest BCUT2D eigenvalue weighted by atomic mass is 9.96. The molecule has 1 amide bonds. The van der Waals surface area contributed by atoms with Crippen LogP contribution < -0.4 is 5.73 Å². The molecule has 0 atom stereocenters. The normalized spacial score (nSPS) is 12.5. The van der Waals surface area contributed by atoms with Crippen molar-refractivity contribution in [3.05, 3.63) is 89.5 Å². The van der Waals surface area contributed by atoms with Gasteiger partial charge in [0.25, 0.3) is 0 Å². The standard InChI is InChI=1S/C22H20N2O2/c23-16-11-9-15(10-12-16)13-24(22(25)26)14-21-19-7-3-1-5-17(19)18-6-2-4-8-20(18)21/h1-12,21H,13-14,23H2,(H,25,26). The minimum absolute atomic E-state index is 0.0484. The maximum absolute atomic E-state index is 11.9. The first-order chi connectivity index (χ1) is 12.6. The summed E-state index contributed by atoms with van der Waals surface area (Å²) in [6.07, 6.45) is -0.913. The molecule has 0 unspecified atom stereocenters. The van der Waals surface area contributed by atoms with E-state index in [4.69, 9.17) is 5.73 Å². The Morgan fingerprint density at radius 3 is 1.96 bits per heavy atom. The highest BCUT2D eigenvalue weighted by molar-refractivity contribution is 5.79. The predicted octanol–water partition coefficient (Wildman–Crippen LogP) is 4.56. The molecule has 0 saturated heterocycles. The van der Waals surface area contributed by atoms with Crippen LogP contribution in [0.25, 0.3) is 11.1 Å². The van der Waals surface area contributed by atoms with Crippen LogP contribution in [0.2, 0.25) is 0 Å². The van der Waals surface area contributed by atoms with E-state index < -0.39 is 6.09 Å². The molecular weight excluding hydrogens is 324 g/mol. The second kappa shape index (κ2) is 6.56. The maximum Gasteiger partial charge on any atom is 0.407 e. The first-order valence-electron chi connectivity index (χ1n) is 8.64. The molecule has 3 aromatic rings. The summed E-state index contributed by atoms with van der Waals surface area (Å²) in [5.74, 6) is 0.0484. The van der Waals surface area contributed by atoms with Crippen molar-refractivity contribution in [2.75, 3.05) is 12.3 Å². The molecule has 0 heterocycles. The molecule has 0 spiro atoms. The van der Waals surface area contributed by atoms with Crippen molar-refractivity contribution in [2.45, 2.75) is 12.5 Å². The van der Waals surface area contributed by atoms with E-state index >= 15 is 0 Å². The van der Waals surface area contributed by atoms with Gasteiger partial charge in [-0.25, -0.2) is 4.79 Å². The predicted molar refractivity (Wildman–Crippen MR) is 103 cm³/mol. The molecule has 130 valence electrons. The van der Waals surface area contributed by atoms with Gasteiger partial charge in [-0.15, -0.1) is 0 Å². The van der Waals surface area contributed by atoms with Gasteiger partial charge in [-0.2, -0.15) is 0 Å². The van der Waals surface area contributed by atoms with Crippen LogP contribution in [0.4, 0.5) is 10.5 Å². The third-order valence-electron chi connectivity index (χ3n) is 4.99. The van der Waals surface area contributed by atoms with E-state index in [1.165, 1.54) is 27.2 Å². The Bertz CT molecular complexity index is 905. The molecular formula is C22H20N2O2. The van der Waals surface area contributed by atoms with Gasteiger partial charge in [-0.1, -0.05) is 60.7 Å². The van der Waals surface area contributed by atoms with E-state index in [0.717, 1.165) is 5.56 Å². The van der Waals surface area contributed by atoms with Gasteiger partial charge >= 0.3 is 6.09 Å². The molecule has 3 aromatic carbocycles. The number of amides is 1. The highest BCUT2D eigenvalue weighted by atomic mass is 16.4. The van der Waals surface area contributed by atoms with Crippen molar-refractivity contribution in [1.29, 1.82) is 0 Å². The second-order valence-electron chi connectivity index (χ2n) is 6.63. The van der Waals surface area contributed by atoms with Crippen LogP contribution in [-0.4, -0.2) is 22.6 Å². The maximum atomic E-state index is 11.9. The lowest BCUT2D eigenvalue weighted by molar-refractivity contribution is 0.141. The van der Waals surface area contributed by atoms with Crippen LogP contribution >= 0.6 is 0 Å². The van der Waals surface area contributed by atoms with Gasteiger partial charge in [0.15, 0.2) is 0 Å². The number of nitrogens with two attached hydrogens (primary N) is 1. The molecule has 0 aliphatic heterocycles. The molecule has 4 nitrogen and oxygen atoms in total. The summed E-state index contributed by atoms with van der Waals surface area (Å²) in [6.45, 7) is 0.768. The summed E-state index contributed by atoms with van der Waals surface area (Å²) in [7, 11) is 0. The minimum atomic E-state index is -0.913. The van der Waals surface area contributed by atoms with E-state index in [9.17, 15) is 9.90 Å². The third kappa shape index (κ3) is 2.90. The Hall–Kier alpha value is -3.27. The number of benzene rings is 3. The second-order valence-corrected chi connectivity index (χ2v) is 6.63. The molecule has 0 radical (unpaired) electrons. The number of fused-ring (bicyclic) bond motifs is 3. The molecule has 3 N–H and O–H groups in total. The average Bonchev–Trinajstić information content (AvgIpc) is 2.97. The summed E-state index contributed by atoms with van der Waals surface area (Å²) in [5.41, 5.74) is 12.1. The summed E-state index contributed by atoms with van der Waals surface area (Å²) in [4.78, 5) is 13.4. The number of hydrogen-bond donors (Lipinski definition) is 2. The number of carbonyl (C=O) groups is 1. The zero-order valence-electron chi connectivity index (χ0n) is 14.3. The zero-order valence-corrected chi connectivity index (χ0v) is 14.3. The first-order valence-corrected chi connectivity index (χ1v) is 8.64. The summed E-state index contributed by atoms with van der Waals surface area (Å²) < 4.78 is 0.